The SMILES string of the molecule is CCCCCCC/C=C\C/C=C\CCCCCCCCCCCCCCCCCCCCCCCCCCCCCC(=O)OC(CO)COC(=O)CCCCCCCCCCCCCCCCCCCCCCCCCCCCCC. The Morgan fingerprint density at radius 3 is 0.728 bits per heavy atom. The van der Waals surface area contributed by atoms with Crippen molar-refractivity contribution in [2.45, 2.75) is 437 Å². The monoisotopic (exact) mass is 1140 g/mol. The minimum atomic E-state index is -0.768. The molecule has 0 heterocycles. The molecule has 0 aromatic rings. The molecule has 0 rings (SSSR count). The molecule has 0 aromatic carbocycles. The lowest BCUT2D eigenvalue weighted by molar-refractivity contribution is -0.161. The maximum Gasteiger partial charge on any atom is 0.306 e. The van der Waals surface area contributed by atoms with Crippen molar-refractivity contribution < 1.29 is 24.2 Å². The molecule has 1 unspecified atom stereocenters. The minimum Gasteiger partial charge on any atom is -0.462 e. The number of aliphatic hydroxyl groups excluding tert-OH is 1. The third-order valence-corrected chi connectivity index (χ3v) is 17.5. The van der Waals surface area contributed by atoms with Gasteiger partial charge < -0.3 is 14.6 Å². The summed E-state index contributed by atoms with van der Waals surface area (Å²) in [6, 6.07) is 0. The van der Waals surface area contributed by atoms with E-state index >= 15 is 0 Å². The Bertz CT molecular complexity index is 1240. The second-order valence-electron chi connectivity index (χ2n) is 25.7. The van der Waals surface area contributed by atoms with Crippen molar-refractivity contribution in [1.82, 2.24) is 0 Å². The summed E-state index contributed by atoms with van der Waals surface area (Å²) in [5.74, 6) is -0.560. The largest absolute Gasteiger partial charge is 0.462 e. The summed E-state index contributed by atoms with van der Waals surface area (Å²) >= 11 is 0. The van der Waals surface area contributed by atoms with E-state index in [2.05, 4.69) is 38.2 Å². The first kappa shape index (κ1) is 79.4. The zero-order chi connectivity index (χ0) is 58.4. The topological polar surface area (TPSA) is 72.8 Å². The summed E-state index contributed by atoms with van der Waals surface area (Å²) in [5, 5.41) is 9.71. The van der Waals surface area contributed by atoms with E-state index in [9.17, 15) is 14.7 Å². The van der Waals surface area contributed by atoms with Gasteiger partial charge in [0.1, 0.15) is 6.61 Å². The molecular weight excluding hydrogens is 993 g/mol. The fraction of sp³-hybridized carbons (Fsp3) is 0.921. The molecule has 0 aromatic heterocycles. The first-order valence-corrected chi connectivity index (χ1v) is 37.4. The van der Waals surface area contributed by atoms with Crippen molar-refractivity contribution in [3.8, 4) is 0 Å². The Labute approximate surface area is 508 Å². The predicted molar refractivity (Wildman–Crippen MR) is 358 cm³/mol. The van der Waals surface area contributed by atoms with Gasteiger partial charge in [0.25, 0.3) is 0 Å². The first-order valence-electron chi connectivity index (χ1n) is 37.4. The van der Waals surface area contributed by atoms with E-state index in [1.165, 1.54) is 366 Å². The number of hydrogen-bond acceptors (Lipinski definition) is 5. The second-order valence-corrected chi connectivity index (χ2v) is 25.7. The fourth-order valence-electron chi connectivity index (χ4n) is 11.9. The zero-order valence-corrected chi connectivity index (χ0v) is 55.3. The van der Waals surface area contributed by atoms with Crippen LogP contribution in [0.15, 0.2) is 24.3 Å². The molecule has 0 spiro atoms. The van der Waals surface area contributed by atoms with Crippen LogP contribution < -0.4 is 0 Å². The van der Waals surface area contributed by atoms with Crippen LogP contribution in [-0.2, 0) is 19.1 Å². The Balaban J connectivity index is 3.35. The van der Waals surface area contributed by atoms with Gasteiger partial charge in [-0.1, -0.05) is 398 Å². The van der Waals surface area contributed by atoms with E-state index in [0.29, 0.717) is 12.8 Å². The maximum atomic E-state index is 12.4. The van der Waals surface area contributed by atoms with Crippen molar-refractivity contribution in [3.63, 3.8) is 0 Å². The van der Waals surface area contributed by atoms with Crippen molar-refractivity contribution >= 4 is 11.9 Å². The van der Waals surface area contributed by atoms with Crippen LogP contribution in [0.3, 0.4) is 0 Å². The summed E-state index contributed by atoms with van der Waals surface area (Å²) in [5.41, 5.74) is 0. The Morgan fingerprint density at radius 1 is 0.284 bits per heavy atom. The quantitative estimate of drug-likeness (QED) is 0.0373. The number of esters is 2. The van der Waals surface area contributed by atoms with Crippen molar-refractivity contribution in [1.29, 1.82) is 0 Å². The van der Waals surface area contributed by atoms with Crippen LogP contribution >= 0.6 is 0 Å². The van der Waals surface area contributed by atoms with E-state index in [-0.39, 0.29) is 25.2 Å². The number of allylic oxidation sites excluding steroid dienone is 4. The lowest BCUT2D eigenvalue weighted by Gasteiger charge is -2.15. The molecule has 0 amide bonds. The molecule has 0 radical (unpaired) electrons. The molecule has 0 aliphatic carbocycles. The van der Waals surface area contributed by atoms with Gasteiger partial charge in [-0.15, -0.1) is 0 Å². The third kappa shape index (κ3) is 70.8. The van der Waals surface area contributed by atoms with Crippen LogP contribution in [-0.4, -0.2) is 36.4 Å². The van der Waals surface area contributed by atoms with Crippen molar-refractivity contribution in [2.24, 2.45) is 0 Å². The smallest absolute Gasteiger partial charge is 0.306 e. The molecule has 81 heavy (non-hydrogen) atoms. The number of carbonyl (C=O) groups excluding carboxylic acids is 2. The minimum absolute atomic E-state index is 0.0567. The zero-order valence-electron chi connectivity index (χ0n) is 55.3. The predicted octanol–water partition coefficient (Wildman–Crippen LogP) is 25.9. The standard InChI is InChI=1S/C76H146O5/c1-3-5-7-9-11-13-15-17-19-21-23-25-27-29-31-33-34-35-36-37-38-39-40-41-42-43-45-47-49-51-53-55-57-59-61-63-65-67-69-71-76(79)81-74(72-77)73-80-75(78)70-68-66-64-62-60-58-56-54-52-50-48-46-44-32-30-28-26-24-22-20-18-16-14-12-10-8-6-4-2/h15,17,21,23,74,77H,3-14,16,18-20,22,24-73H2,1-2H3/b17-15-,23-21-. The van der Waals surface area contributed by atoms with Crippen LogP contribution in [0.25, 0.3) is 0 Å². The van der Waals surface area contributed by atoms with Gasteiger partial charge in [-0.25, -0.2) is 0 Å². The highest BCUT2D eigenvalue weighted by molar-refractivity contribution is 5.70. The first-order chi connectivity index (χ1) is 40.1. The maximum absolute atomic E-state index is 12.4. The molecule has 1 N–H and O–H groups in total. The van der Waals surface area contributed by atoms with Gasteiger partial charge in [-0.3, -0.25) is 9.59 Å². The van der Waals surface area contributed by atoms with Crippen LogP contribution in [0.2, 0.25) is 0 Å². The van der Waals surface area contributed by atoms with Crippen LogP contribution in [0.1, 0.15) is 431 Å². The van der Waals surface area contributed by atoms with Gasteiger partial charge in [-0.05, 0) is 44.9 Å². The lowest BCUT2D eigenvalue weighted by atomic mass is 10.0. The molecule has 0 aliphatic heterocycles. The average Bonchev–Trinajstić information content (AvgIpc) is 3.47. The highest BCUT2D eigenvalue weighted by Gasteiger charge is 2.16. The molecule has 0 aliphatic rings. The molecule has 0 saturated heterocycles. The number of carbonyl (C=O) groups is 2. The van der Waals surface area contributed by atoms with Gasteiger partial charge >= 0.3 is 11.9 Å². The molecule has 0 bridgehead atoms. The Morgan fingerprint density at radius 2 is 0.494 bits per heavy atom. The summed E-state index contributed by atoms with van der Waals surface area (Å²) in [6.07, 6.45) is 95.4. The summed E-state index contributed by atoms with van der Waals surface area (Å²) in [6.45, 7) is 4.21. The number of hydrogen-bond donors (Lipinski definition) is 1. The van der Waals surface area contributed by atoms with E-state index in [1.54, 1.807) is 0 Å². The third-order valence-electron chi connectivity index (χ3n) is 17.5. The summed E-state index contributed by atoms with van der Waals surface area (Å²) in [4.78, 5) is 24.7. The van der Waals surface area contributed by atoms with Crippen molar-refractivity contribution in [3.05, 3.63) is 24.3 Å². The average molecular weight is 1140 g/mol. The number of aliphatic hydroxyl groups is 1. The van der Waals surface area contributed by atoms with Gasteiger partial charge in [0.05, 0.1) is 6.61 Å². The summed E-state index contributed by atoms with van der Waals surface area (Å²) < 4.78 is 10.8. The van der Waals surface area contributed by atoms with E-state index in [1.807, 2.05) is 0 Å². The number of unbranched alkanes of at least 4 members (excludes halogenated alkanes) is 59. The molecule has 5 nitrogen and oxygen atoms in total. The van der Waals surface area contributed by atoms with E-state index in [4.69, 9.17) is 9.47 Å². The van der Waals surface area contributed by atoms with Gasteiger partial charge in [-0.2, -0.15) is 0 Å². The van der Waals surface area contributed by atoms with Crippen LogP contribution in [0.4, 0.5) is 0 Å². The normalized spacial score (nSPS) is 12.2. The molecule has 0 fully saturated rings. The van der Waals surface area contributed by atoms with Crippen molar-refractivity contribution in [2.75, 3.05) is 13.2 Å². The molecule has 0 saturated carbocycles. The lowest BCUT2D eigenvalue weighted by Crippen LogP contribution is -2.28. The molecular formula is C76H146O5. The number of ether oxygens (including phenoxy) is 2. The van der Waals surface area contributed by atoms with E-state index in [0.717, 1.165) is 38.5 Å². The molecule has 1 atom stereocenters. The van der Waals surface area contributed by atoms with Gasteiger partial charge in [0, 0.05) is 12.8 Å². The number of rotatable bonds is 71. The van der Waals surface area contributed by atoms with Crippen LogP contribution in [0, 0.1) is 0 Å². The Hall–Kier alpha value is -1.62. The van der Waals surface area contributed by atoms with E-state index < -0.39 is 6.10 Å². The van der Waals surface area contributed by atoms with Crippen LogP contribution in [0.5, 0.6) is 0 Å². The highest BCUT2D eigenvalue weighted by atomic mass is 16.6. The highest BCUT2D eigenvalue weighted by Crippen LogP contribution is 2.20. The Kier molecular flexibility index (Phi) is 71.2. The fourth-order valence-corrected chi connectivity index (χ4v) is 11.9. The second kappa shape index (κ2) is 72.6. The molecule has 480 valence electrons. The summed E-state index contributed by atoms with van der Waals surface area (Å²) in [7, 11) is 0. The van der Waals surface area contributed by atoms with Gasteiger partial charge in [0.2, 0.25) is 0 Å². The molecule has 5 heteroatoms. The van der Waals surface area contributed by atoms with Gasteiger partial charge in [0.15, 0.2) is 6.10 Å².